The first-order valence-corrected chi connectivity index (χ1v) is 4.29. The SMILES string of the molecule is CC(=O)CC1CC(=O)N(C)C(=O)C1. The molecule has 0 atom stereocenters. The van der Waals surface area contributed by atoms with E-state index in [9.17, 15) is 14.4 Å². The monoisotopic (exact) mass is 183 g/mol. The number of nitrogens with zero attached hydrogens (tertiary/aromatic N) is 1. The van der Waals surface area contributed by atoms with Crippen molar-refractivity contribution in [3.05, 3.63) is 0 Å². The number of rotatable bonds is 2. The number of Topliss-reactive ketones (excluding diaryl/α,β-unsaturated/α-hetero) is 1. The van der Waals surface area contributed by atoms with Crippen molar-refractivity contribution in [2.75, 3.05) is 7.05 Å². The molecule has 1 fully saturated rings. The maximum absolute atomic E-state index is 11.2. The van der Waals surface area contributed by atoms with Gasteiger partial charge in [-0.25, -0.2) is 0 Å². The number of amides is 2. The number of hydrogen-bond acceptors (Lipinski definition) is 3. The van der Waals surface area contributed by atoms with E-state index < -0.39 is 0 Å². The van der Waals surface area contributed by atoms with Crippen LogP contribution in [0.4, 0.5) is 0 Å². The standard InChI is InChI=1S/C9H13NO3/c1-6(11)3-7-4-8(12)10(2)9(13)5-7/h7H,3-5H2,1-2H3. The van der Waals surface area contributed by atoms with E-state index in [4.69, 9.17) is 0 Å². The second-order valence-electron chi connectivity index (χ2n) is 3.53. The lowest BCUT2D eigenvalue weighted by Crippen LogP contribution is -2.40. The topological polar surface area (TPSA) is 54.5 Å². The van der Waals surface area contributed by atoms with E-state index >= 15 is 0 Å². The van der Waals surface area contributed by atoms with Gasteiger partial charge < -0.3 is 4.79 Å². The molecule has 0 aromatic heterocycles. The number of ketones is 1. The molecule has 0 unspecified atom stereocenters. The van der Waals surface area contributed by atoms with E-state index in [2.05, 4.69) is 0 Å². The third kappa shape index (κ3) is 2.37. The summed E-state index contributed by atoms with van der Waals surface area (Å²) >= 11 is 0. The van der Waals surface area contributed by atoms with Crippen LogP contribution in [0.2, 0.25) is 0 Å². The summed E-state index contributed by atoms with van der Waals surface area (Å²) in [5, 5.41) is 0. The highest BCUT2D eigenvalue weighted by Crippen LogP contribution is 2.21. The summed E-state index contributed by atoms with van der Waals surface area (Å²) in [6.07, 6.45) is 0.981. The van der Waals surface area contributed by atoms with E-state index in [-0.39, 0.29) is 23.5 Å². The van der Waals surface area contributed by atoms with Crippen LogP contribution in [0.5, 0.6) is 0 Å². The summed E-state index contributed by atoms with van der Waals surface area (Å²) in [7, 11) is 1.48. The van der Waals surface area contributed by atoms with Gasteiger partial charge in [0, 0.05) is 26.3 Å². The first kappa shape index (κ1) is 9.89. The van der Waals surface area contributed by atoms with Gasteiger partial charge in [-0.05, 0) is 12.8 Å². The maximum Gasteiger partial charge on any atom is 0.229 e. The van der Waals surface area contributed by atoms with Gasteiger partial charge in [-0.1, -0.05) is 0 Å². The molecule has 0 spiro atoms. The Morgan fingerprint density at radius 3 is 2.23 bits per heavy atom. The number of hydrogen-bond donors (Lipinski definition) is 0. The minimum absolute atomic E-state index is 0.0372. The molecule has 0 aliphatic carbocycles. The van der Waals surface area contributed by atoms with Crippen LogP contribution in [0.1, 0.15) is 26.2 Å². The zero-order chi connectivity index (χ0) is 10.0. The van der Waals surface area contributed by atoms with Gasteiger partial charge in [0.1, 0.15) is 5.78 Å². The molecule has 4 nitrogen and oxygen atoms in total. The van der Waals surface area contributed by atoms with Crippen molar-refractivity contribution in [2.24, 2.45) is 5.92 Å². The molecular weight excluding hydrogens is 170 g/mol. The zero-order valence-electron chi connectivity index (χ0n) is 7.87. The van der Waals surface area contributed by atoms with Gasteiger partial charge in [0.05, 0.1) is 0 Å². The van der Waals surface area contributed by atoms with E-state index in [0.717, 1.165) is 4.90 Å². The molecular formula is C9H13NO3. The Morgan fingerprint density at radius 2 is 1.85 bits per heavy atom. The summed E-state index contributed by atoms with van der Waals surface area (Å²) in [5.41, 5.74) is 0. The number of likely N-dealkylation sites (tertiary alicyclic amines) is 1. The lowest BCUT2D eigenvalue weighted by atomic mass is 9.91. The van der Waals surface area contributed by atoms with Crippen LogP contribution >= 0.6 is 0 Å². The molecule has 1 heterocycles. The number of carbonyl (C=O) groups excluding carboxylic acids is 3. The highest BCUT2D eigenvalue weighted by molar-refractivity contribution is 5.98. The van der Waals surface area contributed by atoms with Crippen LogP contribution < -0.4 is 0 Å². The highest BCUT2D eigenvalue weighted by Gasteiger charge is 2.30. The van der Waals surface area contributed by atoms with Gasteiger partial charge in [0.25, 0.3) is 0 Å². The van der Waals surface area contributed by atoms with Crippen molar-refractivity contribution in [3.8, 4) is 0 Å². The number of imide groups is 1. The second-order valence-corrected chi connectivity index (χ2v) is 3.53. The third-order valence-corrected chi connectivity index (χ3v) is 2.25. The van der Waals surface area contributed by atoms with Gasteiger partial charge in [-0.2, -0.15) is 0 Å². The molecule has 1 aliphatic heterocycles. The van der Waals surface area contributed by atoms with E-state index in [0.29, 0.717) is 19.3 Å². The molecule has 0 saturated carbocycles. The Kier molecular flexibility index (Phi) is 2.80. The minimum Gasteiger partial charge on any atom is -0.300 e. The fraction of sp³-hybridized carbons (Fsp3) is 0.667. The fourth-order valence-electron chi connectivity index (χ4n) is 1.53. The first-order chi connectivity index (χ1) is 6.00. The van der Waals surface area contributed by atoms with E-state index in [1.807, 2.05) is 0 Å². The average molecular weight is 183 g/mol. The van der Waals surface area contributed by atoms with Crippen molar-refractivity contribution >= 4 is 17.6 Å². The average Bonchev–Trinajstić information content (AvgIpc) is 1.98. The van der Waals surface area contributed by atoms with Crippen LogP contribution in [0.3, 0.4) is 0 Å². The molecule has 4 heteroatoms. The number of piperidine rings is 1. The quantitative estimate of drug-likeness (QED) is 0.581. The molecule has 13 heavy (non-hydrogen) atoms. The normalized spacial score (nSPS) is 19.4. The Balaban J connectivity index is 2.58. The molecule has 1 saturated heterocycles. The molecule has 72 valence electrons. The van der Waals surface area contributed by atoms with Crippen LogP contribution in [0.15, 0.2) is 0 Å². The van der Waals surface area contributed by atoms with Crippen LogP contribution in [0.25, 0.3) is 0 Å². The van der Waals surface area contributed by atoms with Gasteiger partial charge in [0.2, 0.25) is 11.8 Å². The van der Waals surface area contributed by atoms with Crippen molar-refractivity contribution < 1.29 is 14.4 Å². The highest BCUT2D eigenvalue weighted by atomic mass is 16.2. The van der Waals surface area contributed by atoms with E-state index in [1.165, 1.54) is 14.0 Å². The molecule has 0 aromatic rings. The lowest BCUT2D eigenvalue weighted by Gasteiger charge is -2.26. The van der Waals surface area contributed by atoms with Crippen molar-refractivity contribution in [2.45, 2.75) is 26.2 Å². The zero-order valence-corrected chi connectivity index (χ0v) is 7.87. The smallest absolute Gasteiger partial charge is 0.229 e. The minimum atomic E-state index is -0.178. The molecule has 2 amide bonds. The van der Waals surface area contributed by atoms with Crippen LogP contribution in [-0.2, 0) is 14.4 Å². The molecule has 0 aromatic carbocycles. The number of carbonyl (C=O) groups is 3. The summed E-state index contributed by atoms with van der Waals surface area (Å²) in [6, 6.07) is 0. The second kappa shape index (κ2) is 3.68. The molecule has 0 radical (unpaired) electrons. The Morgan fingerprint density at radius 1 is 1.38 bits per heavy atom. The van der Waals surface area contributed by atoms with Crippen molar-refractivity contribution in [1.29, 1.82) is 0 Å². The predicted octanol–water partition coefficient (Wildman–Crippen LogP) is 0.360. The molecule has 1 aliphatic rings. The Hall–Kier alpha value is -1.19. The summed E-state index contributed by atoms with van der Waals surface area (Å²) in [6.45, 7) is 1.48. The molecule has 1 rings (SSSR count). The van der Waals surface area contributed by atoms with Gasteiger partial charge in [-0.15, -0.1) is 0 Å². The summed E-state index contributed by atoms with van der Waals surface area (Å²) in [4.78, 5) is 34.3. The predicted molar refractivity (Wildman–Crippen MR) is 45.8 cm³/mol. The van der Waals surface area contributed by atoms with E-state index in [1.54, 1.807) is 0 Å². The summed E-state index contributed by atoms with van der Waals surface area (Å²) in [5.74, 6) is -0.395. The van der Waals surface area contributed by atoms with Crippen molar-refractivity contribution in [3.63, 3.8) is 0 Å². The fourth-order valence-corrected chi connectivity index (χ4v) is 1.53. The van der Waals surface area contributed by atoms with Crippen molar-refractivity contribution in [1.82, 2.24) is 4.90 Å². The van der Waals surface area contributed by atoms with Gasteiger partial charge in [-0.3, -0.25) is 14.5 Å². The Bertz CT molecular complexity index is 242. The first-order valence-electron chi connectivity index (χ1n) is 4.29. The van der Waals surface area contributed by atoms with Crippen LogP contribution in [-0.4, -0.2) is 29.5 Å². The molecule has 0 bridgehead atoms. The molecule has 0 N–H and O–H groups in total. The third-order valence-electron chi connectivity index (χ3n) is 2.25. The van der Waals surface area contributed by atoms with Gasteiger partial charge >= 0.3 is 0 Å². The largest absolute Gasteiger partial charge is 0.300 e. The Labute approximate surface area is 76.9 Å². The summed E-state index contributed by atoms with van der Waals surface area (Å²) < 4.78 is 0. The lowest BCUT2D eigenvalue weighted by molar-refractivity contribution is -0.148. The van der Waals surface area contributed by atoms with Crippen LogP contribution in [0, 0.1) is 5.92 Å². The maximum atomic E-state index is 11.2. The van der Waals surface area contributed by atoms with Gasteiger partial charge in [0.15, 0.2) is 0 Å².